The Kier molecular flexibility index (Phi) is 3.58. The Hall–Kier alpha value is -2.26. The third-order valence-electron chi connectivity index (χ3n) is 3.64. The Morgan fingerprint density at radius 3 is 2.78 bits per heavy atom. The van der Waals surface area contributed by atoms with Gasteiger partial charge >= 0.3 is 0 Å². The molecule has 0 atom stereocenters. The van der Waals surface area contributed by atoms with E-state index in [2.05, 4.69) is 20.5 Å². The summed E-state index contributed by atoms with van der Waals surface area (Å²) in [4.78, 5) is 16.2. The van der Waals surface area contributed by atoms with Crippen LogP contribution < -0.4 is 0 Å². The van der Waals surface area contributed by atoms with Crippen molar-refractivity contribution in [2.75, 3.05) is 13.1 Å². The van der Waals surface area contributed by atoms with Gasteiger partial charge in [-0.2, -0.15) is 15.0 Å². The van der Waals surface area contributed by atoms with Gasteiger partial charge < -0.3 is 4.90 Å². The lowest BCUT2D eigenvalue weighted by Gasteiger charge is -2.38. The zero-order chi connectivity index (χ0) is 15.8. The molecule has 1 saturated heterocycles. The molecule has 4 rings (SSSR count). The molecule has 1 aliphatic heterocycles. The topological polar surface area (TPSA) is 81.7 Å². The number of carbonyl (C=O) groups excluding carboxylic acids is 1. The van der Waals surface area contributed by atoms with Crippen LogP contribution in [0.1, 0.15) is 21.4 Å². The number of thiophene rings is 1. The lowest BCUT2D eigenvalue weighted by Crippen LogP contribution is -2.50. The zero-order valence-electron chi connectivity index (χ0n) is 11.9. The van der Waals surface area contributed by atoms with Gasteiger partial charge in [0.15, 0.2) is 0 Å². The van der Waals surface area contributed by atoms with Crippen LogP contribution in [0.5, 0.6) is 0 Å². The van der Waals surface area contributed by atoms with Crippen LogP contribution in [0, 0.1) is 0 Å². The molecule has 3 aromatic rings. The number of amides is 1. The summed E-state index contributed by atoms with van der Waals surface area (Å²) < 4.78 is 2.42. The average Bonchev–Trinajstić information content (AvgIpc) is 3.20. The molecule has 118 valence electrons. The summed E-state index contributed by atoms with van der Waals surface area (Å²) in [6.07, 6.45) is 5.12. The van der Waals surface area contributed by atoms with E-state index < -0.39 is 0 Å². The number of carbonyl (C=O) groups is 1. The van der Waals surface area contributed by atoms with Crippen LogP contribution in [0.25, 0.3) is 0 Å². The number of halogens is 1. The molecule has 3 aromatic heterocycles. The highest BCUT2D eigenvalue weighted by Crippen LogP contribution is 2.27. The normalized spacial score (nSPS) is 14.9. The van der Waals surface area contributed by atoms with Gasteiger partial charge in [-0.1, -0.05) is 16.8 Å². The largest absolute Gasteiger partial charge is 0.334 e. The van der Waals surface area contributed by atoms with Gasteiger partial charge in [0, 0.05) is 13.1 Å². The van der Waals surface area contributed by atoms with Gasteiger partial charge in [-0.3, -0.25) is 4.79 Å². The summed E-state index contributed by atoms with van der Waals surface area (Å²) in [5.74, 6) is 0.0132. The summed E-state index contributed by atoms with van der Waals surface area (Å²) in [5.41, 5.74) is 0.788. The minimum atomic E-state index is 0.0132. The first-order valence-electron chi connectivity index (χ1n) is 6.98. The number of hydrogen-bond acceptors (Lipinski definition) is 6. The predicted molar refractivity (Wildman–Crippen MR) is 83.4 cm³/mol. The summed E-state index contributed by atoms with van der Waals surface area (Å²) >= 11 is 7.17. The fourth-order valence-corrected chi connectivity index (χ4v) is 3.42. The van der Waals surface area contributed by atoms with Crippen LogP contribution in [-0.4, -0.2) is 53.9 Å². The molecule has 1 aliphatic rings. The number of hydrogen-bond donors (Lipinski definition) is 0. The molecule has 4 heterocycles. The van der Waals surface area contributed by atoms with Crippen molar-refractivity contribution in [2.45, 2.75) is 12.6 Å². The first-order valence-corrected chi connectivity index (χ1v) is 8.18. The van der Waals surface area contributed by atoms with Crippen molar-refractivity contribution in [1.29, 1.82) is 0 Å². The van der Waals surface area contributed by atoms with E-state index in [1.807, 2.05) is 6.20 Å². The van der Waals surface area contributed by atoms with Gasteiger partial charge in [0.2, 0.25) is 0 Å². The van der Waals surface area contributed by atoms with Crippen LogP contribution in [0.15, 0.2) is 30.7 Å². The molecular weight excluding hydrogens is 338 g/mol. The van der Waals surface area contributed by atoms with E-state index in [0.29, 0.717) is 28.8 Å². The number of likely N-dealkylation sites (tertiary alicyclic amines) is 1. The quantitative estimate of drug-likeness (QED) is 0.709. The van der Waals surface area contributed by atoms with Crippen molar-refractivity contribution >= 4 is 28.8 Å². The van der Waals surface area contributed by atoms with Crippen molar-refractivity contribution in [2.24, 2.45) is 0 Å². The number of rotatable bonds is 4. The van der Waals surface area contributed by atoms with Crippen LogP contribution in [0.2, 0.25) is 4.34 Å². The van der Waals surface area contributed by atoms with Gasteiger partial charge in [0.1, 0.15) is 12.2 Å². The molecular formula is C13H12ClN7OS. The second-order valence-corrected chi connectivity index (χ2v) is 6.93. The molecule has 0 spiro atoms. The molecule has 0 bridgehead atoms. The van der Waals surface area contributed by atoms with Gasteiger partial charge in [-0.05, 0) is 12.1 Å². The molecule has 0 aliphatic carbocycles. The maximum absolute atomic E-state index is 12.2. The highest BCUT2D eigenvalue weighted by atomic mass is 35.5. The molecule has 10 heteroatoms. The van der Waals surface area contributed by atoms with Gasteiger partial charge in [-0.25, -0.2) is 4.68 Å². The highest BCUT2D eigenvalue weighted by molar-refractivity contribution is 7.17. The number of aromatic nitrogens is 6. The second-order valence-electron chi connectivity index (χ2n) is 5.22. The Labute approximate surface area is 140 Å². The first-order chi connectivity index (χ1) is 11.2. The Morgan fingerprint density at radius 1 is 1.30 bits per heavy atom. The van der Waals surface area contributed by atoms with Crippen molar-refractivity contribution in [1.82, 2.24) is 34.9 Å². The van der Waals surface area contributed by atoms with Gasteiger partial charge in [0.05, 0.1) is 33.8 Å². The zero-order valence-corrected chi connectivity index (χ0v) is 13.5. The molecule has 0 saturated carbocycles. The van der Waals surface area contributed by atoms with Crippen LogP contribution >= 0.6 is 22.9 Å². The lowest BCUT2D eigenvalue weighted by molar-refractivity contribution is 0.0503. The monoisotopic (exact) mass is 349 g/mol. The summed E-state index contributed by atoms with van der Waals surface area (Å²) in [7, 11) is 0. The maximum Gasteiger partial charge on any atom is 0.264 e. The van der Waals surface area contributed by atoms with E-state index >= 15 is 0 Å². The van der Waals surface area contributed by atoms with E-state index in [-0.39, 0.29) is 11.9 Å². The molecule has 0 radical (unpaired) electrons. The second kappa shape index (κ2) is 5.74. The van der Waals surface area contributed by atoms with E-state index in [1.165, 1.54) is 11.3 Å². The van der Waals surface area contributed by atoms with Crippen LogP contribution in [-0.2, 0) is 6.54 Å². The minimum Gasteiger partial charge on any atom is -0.334 e. The SMILES string of the molecule is O=C(c1ccc(Cl)s1)N1CC(n2cc(Cn3nccn3)nn2)C1. The Bertz CT molecular complexity index is 821. The van der Waals surface area contributed by atoms with Crippen molar-refractivity contribution in [3.8, 4) is 0 Å². The lowest BCUT2D eigenvalue weighted by atomic mass is 10.1. The van der Waals surface area contributed by atoms with E-state index in [9.17, 15) is 4.79 Å². The van der Waals surface area contributed by atoms with Gasteiger partial charge in [-0.15, -0.1) is 16.4 Å². The molecule has 0 aromatic carbocycles. The van der Waals surface area contributed by atoms with E-state index in [0.717, 1.165) is 5.69 Å². The maximum atomic E-state index is 12.2. The third-order valence-corrected chi connectivity index (χ3v) is 4.85. The van der Waals surface area contributed by atoms with Crippen molar-refractivity contribution in [3.05, 3.63) is 45.6 Å². The third kappa shape index (κ3) is 2.84. The molecule has 8 nitrogen and oxygen atoms in total. The molecule has 1 fully saturated rings. The van der Waals surface area contributed by atoms with E-state index in [1.54, 1.807) is 38.9 Å². The highest BCUT2D eigenvalue weighted by Gasteiger charge is 2.33. The summed E-state index contributed by atoms with van der Waals surface area (Å²) in [5, 5.41) is 16.3. The minimum absolute atomic E-state index is 0.0132. The smallest absolute Gasteiger partial charge is 0.264 e. The molecule has 23 heavy (non-hydrogen) atoms. The summed E-state index contributed by atoms with van der Waals surface area (Å²) in [6.45, 7) is 1.73. The standard InChI is InChI=1S/C13H12ClN7OS/c14-12-2-1-11(23-12)13(22)19-7-10(8-19)20-5-9(17-18-20)6-21-15-3-4-16-21/h1-5,10H,6-8H2. The van der Waals surface area contributed by atoms with Crippen LogP contribution in [0.4, 0.5) is 0 Å². The van der Waals surface area contributed by atoms with Crippen molar-refractivity contribution < 1.29 is 4.79 Å². The molecule has 1 amide bonds. The fraction of sp³-hybridized carbons (Fsp3) is 0.308. The summed E-state index contributed by atoms with van der Waals surface area (Å²) in [6, 6.07) is 3.65. The average molecular weight is 350 g/mol. The van der Waals surface area contributed by atoms with Crippen molar-refractivity contribution in [3.63, 3.8) is 0 Å². The molecule has 0 unspecified atom stereocenters. The van der Waals surface area contributed by atoms with Gasteiger partial charge in [0.25, 0.3) is 5.91 Å². The fourth-order valence-electron chi connectivity index (χ4n) is 2.41. The first kappa shape index (κ1) is 14.3. The predicted octanol–water partition coefficient (Wildman–Crippen LogP) is 1.33. The Balaban J connectivity index is 1.36. The molecule has 0 N–H and O–H groups in total. The Morgan fingerprint density at radius 2 is 2.09 bits per heavy atom. The number of nitrogens with zero attached hydrogens (tertiary/aromatic N) is 7. The van der Waals surface area contributed by atoms with E-state index in [4.69, 9.17) is 11.6 Å². The van der Waals surface area contributed by atoms with Crippen LogP contribution in [0.3, 0.4) is 0 Å².